The van der Waals surface area contributed by atoms with Crippen LogP contribution in [-0.2, 0) is 11.1 Å². The van der Waals surface area contributed by atoms with Gasteiger partial charge in [-0.15, -0.1) is 0 Å². The summed E-state index contributed by atoms with van der Waals surface area (Å²) in [6, 6.07) is 34.1. The molecule has 184 valence electrons. The minimum atomic E-state index is -2.51. The molecule has 6 nitrogen and oxygen atoms in total. The maximum atomic E-state index is 12.4. The van der Waals surface area contributed by atoms with Crippen LogP contribution in [0.3, 0.4) is 0 Å². The molecule has 0 fully saturated rings. The number of hydrogen-bond acceptors (Lipinski definition) is 6. The minimum Gasteiger partial charge on any atom is -0.768 e. The smallest absolute Gasteiger partial charge is 0.135 e. The lowest BCUT2D eigenvalue weighted by molar-refractivity contribution is 0.483. The Bertz CT molecular complexity index is 1590. The van der Waals surface area contributed by atoms with E-state index in [2.05, 4.69) is 0 Å². The van der Waals surface area contributed by atoms with Crippen molar-refractivity contribution in [3.05, 3.63) is 115 Å². The molecule has 0 amide bonds. The van der Waals surface area contributed by atoms with Crippen LogP contribution in [0.4, 0.5) is 11.4 Å². The van der Waals surface area contributed by atoms with Crippen molar-refractivity contribution in [2.24, 2.45) is 0 Å². The molecule has 0 saturated carbocycles. The molecule has 5 aromatic carbocycles. The van der Waals surface area contributed by atoms with Crippen molar-refractivity contribution in [1.82, 2.24) is 0 Å². The van der Waals surface area contributed by atoms with Crippen LogP contribution >= 0.6 is 0 Å². The number of benzene rings is 5. The first kappa shape index (κ1) is 24.1. The van der Waals surface area contributed by atoms with Crippen LogP contribution in [0.25, 0.3) is 22.3 Å². The van der Waals surface area contributed by atoms with Gasteiger partial charge in [0.1, 0.15) is 23.0 Å². The van der Waals surface area contributed by atoms with E-state index in [1.54, 1.807) is 66.7 Å². The van der Waals surface area contributed by atoms with Crippen LogP contribution in [0.2, 0.25) is 0 Å². The highest BCUT2D eigenvalue weighted by atomic mass is 32.2. The highest BCUT2D eigenvalue weighted by Gasteiger charge is 2.19. The molecule has 37 heavy (non-hydrogen) atoms. The van der Waals surface area contributed by atoms with Crippen LogP contribution in [0.1, 0.15) is 0 Å². The number of nitrogen functional groups attached to an aromatic ring is 2. The number of hydrogen-bond donors (Lipinski definition) is 2. The van der Waals surface area contributed by atoms with Crippen LogP contribution in [0, 0.1) is 0 Å². The summed E-state index contributed by atoms with van der Waals surface area (Å²) in [5, 5.41) is 0. The molecule has 0 bridgehead atoms. The second-order valence-corrected chi connectivity index (χ2v) is 9.16. The normalized spacial score (nSPS) is 11.6. The Kier molecular flexibility index (Phi) is 6.89. The third kappa shape index (κ3) is 5.33. The van der Waals surface area contributed by atoms with Gasteiger partial charge in [-0.05, 0) is 71.2 Å². The topological polar surface area (TPSA) is 111 Å². The van der Waals surface area contributed by atoms with Crippen molar-refractivity contribution in [3.63, 3.8) is 0 Å². The van der Waals surface area contributed by atoms with Gasteiger partial charge >= 0.3 is 0 Å². The summed E-state index contributed by atoms with van der Waals surface area (Å²) in [5.41, 5.74) is 15.5. The Balaban J connectivity index is 1.67. The molecule has 1 unspecified atom stereocenters. The van der Waals surface area contributed by atoms with Crippen molar-refractivity contribution < 1.29 is 18.2 Å². The van der Waals surface area contributed by atoms with Crippen LogP contribution in [0.15, 0.2) is 120 Å². The van der Waals surface area contributed by atoms with E-state index in [4.69, 9.17) is 20.9 Å². The summed E-state index contributed by atoms with van der Waals surface area (Å²) in [6.45, 7) is 0. The third-order valence-corrected chi connectivity index (χ3v) is 6.43. The molecule has 0 heterocycles. The van der Waals surface area contributed by atoms with Crippen LogP contribution in [0.5, 0.6) is 23.0 Å². The van der Waals surface area contributed by atoms with Gasteiger partial charge in [0.25, 0.3) is 0 Å². The molecule has 0 aliphatic rings. The fourth-order valence-corrected chi connectivity index (χ4v) is 4.66. The molecule has 1 atom stereocenters. The Morgan fingerprint density at radius 2 is 1.16 bits per heavy atom. The Labute approximate surface area is 217 Å². The van der Waals surface area contributed by atoms with Gasteiger partial charge in [0, 0.05) is 39.0 Å². The zero-order chi connectivity index (χ0) is 25.8. The molecule has 0 aliphatic heterocycles. The van der Waals surface area contributed by atoms with E-state index in [0.29, 0.717) is 51.1 Å². The summed E-state index contributed by atoms with van der Waals surface area (Å²) >= 11 is -2.51. The zero-order valence-corrected chi connectivity index (χ0v) is 20.5. The van der Waals surface area contributed by atoms with Crippen molar-refractivity contribution in [3.8, 4) is 45.3 Å². The number of ether oxygens (including phenoxy) is 2. The average Bonchev–Trinajstić information content (AvgIpc) is 2.90. The minimum absolute atomic E-state index is 0.142. The predicted octanol–water partition coefficient (Wildman–Crippen LogP) is 7.01. The van der Waals surface area contributed by atoms with Gasteiger partial charge in [0.2, 0.25) is 0 Å². The highest BCUT2D eigenvalue weighted by molar-refractivity contribution is 7.79. The van der Waals surface area contributed by atoms with E-state index in [0.717, 1.165) is 5.56 Å². The van der Waals surface area contributed by atoms with Crippen molar-refractivity contribution >= 4 is 22.5 Å². The molecule has 5 rings (SSSR count). The number of nitrogens with two attached hydrogens (primary N) is 2. The van der Waals surface area contributed by atoms with E-state index in [1.165, 1.54) is 0 Å². The van der Waals surface area contributed by atoms with Gasteiger partial charge in [-0.25, -0.2) is 0 Å². The number of anilines is 2. The Morgan fingerprint density at radius 1 is 0.568 bits per heavy atom. The zero-order valence-electron chi connectivity index (χ0n) is 19.7. The molecular weight excluding hydrogens is 484 g/mol. The number of rotatable bonds is 7. The first-order valence-corrected chi connectivity index (χ1v) is 12.5. The molecule has 4 N–H and O–H groups in total. The summed E-state index contributed by atoms with van der Waals surface area (Å²) < 4.78 is 37.2. The van der Waals surface area contributed by atoms with E-state index in [1.807, 2.05) is 48.5 Å². The molecule has 0 aliphatic carbocycles. The molecule has 0 saturated heterocycles. The molecule has 0 radical (unpaired) electrons. The van der Waals surface area contributed by atoms with Gasteiger partial charge in [0.15, 0.2) is 0 Å². The van der Waals surface area contributed by atoms with Gasteiger partial charge in [-0.1, -0.05) is 54.6 Å². The summed E-state index contributed by atoms with van der Waals surface area (Å²) in [7, 11) is 0. The van der Waals surface area contributed by atoms with E-state index in [9.17, 15) is 8.76 Å². The monoisotopic (exact) mass is 507 g/mol. The summed E-state index contributed by atoms with van der Waals surface area (Å²) in [6.07, 6.45) is 0. The van der Waals surface area contributed by atoms with Crippen molar-refractivity contribution in [2.45, 2.75) is 4.90 Å². The fourth-order valence-electron chi connectivity index (χ4n) is 4.08. The lowest BCUT2D eigenvalue weighted by Gasteiger charge is -2.21. The van der Waals surface area contributed by atoms with Gasteiger partial charge in [0.05, 0.1) is 0 Å². The SMILES string of the molecule is Nc1ccc(Oc2ccccc2-c2cccc(S(=O)[O-])c2-c2ccccc2Oc2cccc(N)c2)cc1. The molecule has 0 spiro atoms. The maximum absolute atomic E-state index is 12.4. The van der Waals surface area contributed by atoms with Crippen LogP contribution in [-0.4, -0.2) is 8.76 Å². The van der Waals surface area contributed by atoms with Gasteiger partial charge in [-0.3, -0.25) is 4.21 Å². The molecule has 7 heteroatoms. The lowest BCUT2D eigenvalue weighted by Crippen LogP contribution is -1.99. The standard InChI is InChI=1S/C30H24N2O4S/c31-20-15-17-22(18-16-20)35-27-12-3-1-9-24(27)25-11-6-14-29(37(33)34)30(25)26-10-2-4-13-28(26)36-23-8-5-7-21(32)19-23/h1-19H,31-32H2,(H,33,34)/p-1. The second-order valence-electron chi connectivity index (χ2n) is 8.25. The lowest BCUT2D eigenvalue weighted by atomic mass is 9.93. The summed E-state index contributed by atoms with van der Waals surface area (Å²) in [4.78, 5) is 0.142. The van der Waals surface area contributed by atoms with E-state index < -0.39 is 11.1 Å². The Hall–Kier alpha value is -4.59. The molecular formula is C30H23N2O4S-. The maximum Gasteiger partial charge on any atom is 0.135 e. The van der Waals surface area contributed by atoms with E-state index in [-0.39, 0.29) is 4.90 Å². The first-order valence-electron chi connectivity index (χ1n) is 11.5. The van der Waals surface area contributed by atoms with Crippen LogP contribution < -0.4 is 20.9 Å². The molecule has 0 aromatic heterocycles. The Morgan fingerprint density at radius 3 is 1.86 bits per heavy atom. The van der Waals surface area contributed by atoms with Crippen molar-refractivity contribution in [1.29, 1.82) is 0 Å². The number of para-hydroxylation sites is 2. The van der Waals surface area contributed by atoms with Gasteiger partial charge in [-0.2, -0.15) is 0 Å². The fraction of sp³-hybridized carbons (Fsp3) is 0. The third-order valence-electron chi connectivity index (χ3n) is 5.73. The quantitative estimate of drug-likeness (QED) is 0.181. The molecule has 5 aromatic rings. The largest absolute Gasteiger partial charge is 0.768 e. The highest BCUT2D eigenvalue weighted by Crippen LogP contribution is 2.45. The van der Waals surface area contributed by atoms with E-state index >= 15 is 0 Å². The second kappa shape index (κ2) is 10.6. The summed E-state index contributed by atoms with van der Waals surface area (Å²) in [5.74, 6) is 2.21. The van der Waals surface area contributed by atoms with Crippen molar-refractivity contribution in [2.75, 3.05) is 11.5 Å². The van der Waals surface area contributed by atoms with Gasteiger partial charge < -0.3 is 25.5 Å². The predicted molar refractivity (Wildman–Crippen MR) is 146 cm³/mol. The first-order chi connectivity index (χ1) is 18.0. The average molecular weight is 508 g/mol.